The van der Waals surface area contributed by atoms with E-state index in [1.165, 1.54) is 0 Å². The summed E-state index contributed by atoms with van der Waals surface area (Å²) < 4.78 is 8.74. The SMILES string of the molecule is O=[Si](O)O.[H-].[Li+].[Mn].[Zn]. The Labute approximate surface area is 79.7 Å². The Hall–Kier alpha value is 1.36. The van der Waals surface area contributed by atoms with E-state index in [9.17, 15) is 0 Å². The molecule has 0 aliphatic rings. The Bertz CT molecular complexity index is 42.3. The Morgan fingerprint density at radius 1 is 1.43 bits per heavy atom. The zero-order valence-electron chi connectivity index (χ0n) is 4.89. The third-order valence-electron chi connectivity index (χ3n) is 0. The fourth-order valence-corrected chi connectivity index (χ4v) is 0. The van der Waals surface area contributed by atoms with Gasteiger partial charge in [0, 0.05) is 36.5 Å². The minimum Gasteiger partial charge on any atom is -1.00 e. The van der Waals surface area contributed by atoms with E-state index in [0.717, 1.165) is 0 Å². The minimum absolute atomic E-state index is 0. The van der Waals surface area contributed by atoms with Crippen LogP contribution in [0.5, 0.6) is 0 Å². The van der Waals surface area contributed by atoms with Crippen LogP contribution < -0.4 is 18.9 Å². The molecule has 0 atom stereocenters. The molecule has 1 radical (unpaired) electrons. The fraction of sp³-hybridized carbons (Fsp3) is 0. The summed E-state index contributed by atoms with van der Waals surface area (Å²) in [7, 11) is -3.13. The molecule has 0 spiro atoms. The molecule has 0 aromatic rings. The van der Waals surface area contributed by atoms with Crippen LogP contribution in [0, 0.1) is 0 Å². The van der Waals surface area contributed by atoms with Gasteiger partial charge in [-0.3, -0.25) is 4.46 Å². The van der Waals surface area contributed by atoms with Gasteiger partial charge < -0.3 is 11.0 Å². The monoisotopic (exact) mass is 205 g/mol. The van der Waals surface area contributed by atoms with Crippen LogP contribution in [0.25, 0.3) is 0 Å². The van der Waals surface area contributed by atoms with Crippen LogP contribution in [0.4, 0.5) is 0 Å². The molecule has 3 nitrogen and oxygen atoms in total. The van der Waals surface area contributed by atoms with Gasteiger partial charge in [-0.05, 0) is 0 Å². The van der Waals surface area contributed by atoms with E-state index in [1.807, 2.05) is 0 Å². The summed E-state index contributed by atoms with van der Waals surface area (Å²) in [4.78, 5) is 14.3. The largest absolute Gasteiger partial charge is 1.00 e. The molecule has 0 rings (SSSR count). The van der Waals surface area contributed by atoms with Crippen molar-refractivity contribution in [2.45, 2.75) is 0 Å². The Morgan fingerprint density at radius 3 is 1.43 bits per heavy atom. The quantitative estimate of drug-likeness (QED) is 0.393. The van der Waals surface area contributed by atoms with Gasteiger partial charge in [0.05, 0.1) is 0 Å². The second-order valence-corrected chi connectivity index (χ2v) is 0.848. The molecule has 0 amide bonds. The molecule has 35 valence electrons. The van der Waals surface area contributed by atoms with E-state index in [-0.39, 0.29) is 56.8 Å². The van der Waals surface area contributed by atoms with E-state index in [1.54, 1.807) is 0 Å². The maximum Gasteiger partial charge on any atom is 1.00 e. The van der Waals surface area contributed by atoms with Crippen LogP contribution in [0.2, 0.25) is 0 Å². The van der Waals surface area contributed by atoms with Crippen molar-refractivity contribution in [3.05, 3.63) is 0 Å². The number of hydrogen-bond acceptors (Lipinski definition) is 1. The summed E-state index contributed by atoms with van der Waals surface area (Å²) in [5, 5.41) is 0. The van der Waals surface area contributed by atoms with Crippen molar-refractivity contribution in [2.75, 3.05) is 0 Å². The second-order valence-electron chi connectivity index (χ2n) is 0.283. The molecule has 7 heteroatoms. The maximum atomic E-state index is 8.74. The molecule has 0 aromatic heterocycles. The summed E-state index contributed by atoms with van der Waals surface area (Å²) in [5.41, 5.74) is 0. The van der Waals surface area contributed by atoms with Crippen molar-refractivity contribution in [3.63, 3.8) is 0 Å². The molecule has 0 saturated carbocycles. The second kappa shape index (κ2) is 15.7. The summed E-state index contributed by atoms with van der Waals surface area (Å²) in [6.45, 7) is 0. The zero-order chi connectivity index (χ0) is 3.58. The molecule has 2 N–H and O–H groups in total. The fourth-order valence-electron chi connectivity index (χ4n) is 0. The summed E-state index contributed by atoms with van der Waals surface area (Å²) in [5.74, 6) is 0. The van der Waals surface area contributed by atoms with Crippen molar-refractivity contribution in [2.24, 2.45) is 0 Å². The van der Waals surface area contributed by atoms with Crippen LogP contribution in [0.1, 0.15) is 1.43 Å². The average molecular weight is 206 g/mol. The molecular weight excluding hydrogens is 203 g/mol. The van der Waals surface area contributed by atoms with Crippen LogP contribution in [-0.2, 0) is 41.0 Å². The smallest absolute Gasteiger partial charge is 1.00 e. The van der Waals surface area contributed by atoms with Gasteiger partial charge in [0.2, 0.25) is 0 Å². The van der Waals surface area contributed by atoms with Crippen molar-refractivity contribution in [1.82, 2.24) is 0 Å². The van der Waals surface area contributed by atoms with E-state index < -0.39 is 9.17 Å². The Morgan fingerprint density at radius 2 is 1.43 bits per heavy atom. The first kappa shape index (κ1) is 23.8. The van der Waals surface area contributed by atoms with Crippen molar-refractivity contribution < 1.29 is 70.9 Å². The topological polar surface area (TPSA) is 57.5 Å². The van der Waals surface area contributed by atoms with Crippen molar-refractivity contribution in [3.8, 4) is 0 Å². The minimum atomic E-state index is -3.13. The standard InChI is InChI=1S/Li.Mn.H2O3Si.Zn.H/c;;1-4(2)3;;/h;;1-2H;;/q+1;;;;-1. The first-order valence-electron chi connectivity index (χ1n) is 0.651. The molecule has 0 saturated heterocycles. The zero-order valence-corrected chi connectivity index (χ0v) is 9.04. The van der Waals surface area contributed by atoms with Gasteiger partial charge in [0.25, 0.3) is 0 Å². The van der Waals surface area contributed by atoms with Crippen molar-refractivity contribution in [1.29, 1.82) is 0 Å². The van der Waals surface area contributed by atoms with Gasteiger partial charge >= 0.3 is 28.0 Å². The Kier molecular flexibility index (Phi) is 53.3. The molecule has 0 unspecified atom stereocenters. The van der Waals surface area contributed by atoms with Crippen LogP contribution in [-0.4, -0.2) is 18.8 Å². The molecule has 0 bridgehead atoms. The van der Waals surface area contributed by atoms with Crippen LogP contribution in [0.3, 0.4) is 0 Å². The number of rotatable bonds is 0. The molecule has 0 aliphatic heterocycles. The van der Waals surface area contributed by atoms with Crippen LogP contribution >= 0.6 is 0 Å². The van der Waals surface area contributed by atoms with Gasteiger partial charge in [0.15, 0.2) is 0 Å². The van der Waals surface area contributed by atoms with Crippen LogP contribution in [0.15, 0.2) is 0 Å². The molecule has 0 aliphatic carbocycles. The normalized spacial score (nSPS) is 3.43. The van der Waals surface area contributed by atoms with E-state index in [4.69, 9.17) is 14.1 Å². The Balaban J connectivity index is -0.00000000750. The predicted octanol–water partition coefficient (Wildman–Crippen LogP) is -4.50. The van der Waals surface area contributed by atoms with E-state index >= 15 is 0 Å². The first-order valence-corrected chi connectivity index (χ1v) is 1.95. The molecule has 0 fully saturated rings. The van der Waals surface area contributed by atoms with E-state index in [2.05, 4.69) is 0 Å². The summed E-state index contributed by atoms with van der Waals surface area (Å²) >= 11 is 0. The maximum absolute atomic E-state index is 8.74. The van der Waals surface area contributed by atoms with Gasteiger partial charge in [-0.2, -0.15) is 0 Å². The molecule has 0 aromatic carbocycles. The van der Waals surface area contributed by atoms with Gasteiger partial charge in [-0.25, -0.2) is 0 Å². The van der Waals surface area contributed by atoms with Crippen molar-refractivity contribution >= 4 is 9.17 Å². The van der Waals surface area contributed by atoms with Gasteiger partial charge in [-0.15, -0.1) is 0 Å². The third-order valence-corrected chi connectivity index (χ3v) is 0. The van der Waals surface area contributed by atoms with E-state index in [0.29, 0.717) is 0 Å². The third kappa shape index (κ3) is 115. The first-order chi connectivity index (χ1) is 1.73. The van der Waals surface area contributed by atoms with Gasteiger partial charge in [0.1, 0.15) is 0 Å². The molecular formula is H3LiMnO3SiZn. The van der Waals surface area contributed by atoms with Gasteiger partial charge in [-0.1, -0.05) is 0 Å². The summed E-state index contributed by atoms with van der Waals surface area (Å²) in [6, 6.07) is 0. The summed E-state index contributed by atoms with van der Waals surface area (Å²) in [6.07, 6.45) is 0. The predicted molar refractivity (Wildman–Crippen MR) is 12.0 cm³/mol. The average Bonchev–Trinajstić information content (AvgIpc) is 0.811. The molecule has 0 heterocycles. The number of hydrogen-bond donors (Lipinski definition) is 2. The molecule has 7 heavy (non-hydrogen) atoms.